The molecule has 1 amide bonds. The number of esters is 1. The van der Waals surface area contributed by atoms with Gasteiger partial charge in [0.15, 0.2) is 0 Å². The first-order chi connectivity index (χ1) is 13.7. The van der Waals surface area contributed by atoms with E-state index in [1.165, 1.54) is 7.11 Å². The zero-order valence-corrected chi connectivity index (χ0v) is 17.0. The molecule has 2 aromatic carbocycles. The molecule has 0 spiro atoms. The molecule has 1 aromatic heterocycles. The van der Waals surface area contributed by atoms with Crippen LogP contribution < -0.4 is 5.32 Å². The zero-order chi connectivity index (χ0) is 21.0. The second kappa shape index (κ2) is 8.39. The summed E-state index contributed by atoms with van der Waals surface area (Å²) in [6, 6.07) is 16.6. The van der Waals surface area contributed by atoms with Crippen molar-refractivity contribution in [2.45, 2.75) is 38.8 Å². The number of furan rings is 1. The molecule has 0 aliphatic rings. The molecule has 0 saturated carbocycles. The molecule has 3 rings (SSSR count). The number of benzene rings is 2. The molecule has 0 bridgehead atoms. The SMILES string of the molecule is COC(=O)[C@H](Cc1ccc(-c2cc3ccccc3o2)cc1)NC(=O)OC(C)(C)C. The van der Waals surface area contributed by atoms with Gasteiger partial charge in [0.2, 0.25) is 0 Å². The number of hydrogen-bond donors (Lipinski definition) is 1. The summed E-state index contributed by atoms with van der Waals surface area (Å²) >= 11 is 0. The molecule has 0 radical (unpaired) electrons. The minimum Gasteiger partial charge on any atom is -0.467 e. The topological polar surface area (TPSA) is 77.8 Å². The van der Waals surface area contributed by atoms with Crippen molar-refractivity contribution in [3.8, 4) is 11.3 Å². The normalized spacial score (nSPS) is 12.4. The van der Waals surface area contributed by atoms with Crippen LogP contribution in [0.25, 0.3) is 22.3 Å². The first kappa shape index (κ1) is 20.5. The molecule has 1 atom stereocenters. The Morgan fingerprint density at radius 2 is 1.76 bits per heavy atom. The van der Waals surface area contributed by atoms with Gasteiger partial charge in [0, 0.05) is 17.4 Å². The van der Waals surface area contributed by atoms with Crippen LogP contribution in [-0.2, 0) is 20.7 Å². The van der Waals surface area contributed by atoms with Gasteiger partial charge in [0.1, 0.15) is 23.0 Å². The van der Waals surface area contributed by atoms with Crippen LogP contribution in [0.15, 0.2) is 59.0 Å². The van der Waals surface area contributed by atoms with Gasteiger partial charge in [0.05, 0.1) is 7.11 Å². The molecule has 0 fully saturated rings. The predicted molar refractivity (Wildman–Crippen MR) is 111 cm³/mol. The highest BCUT2D eigenvalue weighted by atomic mass is 16.6. The third-order valence-corrected chi connectivity index (χ3v) is 4.28. The molecule has 0 saturated heterocycles. The first-order valence-corrected chi connectivity index (χ1v) is 9.40. The van der Waals surface area contributed by atoms with Gasteiger partial charge in [-0.15, -0.1) is 0 Å². The Bertz CT molecular complexity index is 965. The van der Waals surface area contributed by atoms with E-state index in [4.69, 9.17) is 13.9 Å². The van der Waals surface area contributed by atoms with Crippen LogP contribution >= 0.6 is 0 Å². The monoisotopic (exact) mass is 395 g/mol. The van der Waals surface area contributed by atoms with Crippen molar-refractivity contribution in [3.63, 3.8) is 0 Å². The Kier molecular flexibility index (Phi) is 5.92. The van der Waals surface area contributed by atoms with Gasteiger partial charge in [-0.2, -0.15) is 0 Å². The summed E-state index contributed by atoms with van der Waals surface area (Å²) in [5.74, 6) is 0.242. The van der Waals surface area contributed by atoms with E-state index in [0.29, 0.717) is 0 Å². The number of fused-ring (bicyclic) bond motifs is 1. The van der Waals surface area contributed by atoms with Crippen molar-refractivity contribution in [2.75, 3.05) is 7.11 Å². The number of alkyl carbamates (subject to hydrolysis) is 1. The molecule has 6 nitrogen and oxygen atoms in total. The molecular formula is C23H25NO5. The Hall–Kier alpha value is -3.28. The number of ether oxygens (including phenoxy) is 2. The van der Waals surface area contributed by atoms with Gasteiger partial charge in [0.25, 0.3) is 0 Å². The van der Waals surface area contributed by atoms with Crippen molar-refractivity contribution in [3.05, 3.63) is 60.2 Å². The molecule has 1 heterocycles. The van der Waals surface area contributed by atoms with E-state index in [2.05, 4.69) is 5.32 Å². The van der Waals surface area contributed by atoms with Crippen molar-refractivity contribution < 1.29 is 23.5 Å². The summed E-state index contributed by atoms with van der Waals surface area (Å²) in [6.07, 6.45) is -0.376. The van der Waals surface area contributed by atoms with Gasteiger partial charge in [-0.05, 0) is 38.5 Å². The first-order valence-electron chi connectivity index (χ1n) is 9.40. The Morgan fingerprint density at radius 1 is 1.07 bits per heavy atom. The Morgan fingerprint density at radius 3 is 2.38 bits per heavy atom. The van der Waals surface area contributed by atoms with E-state index < -0.39 is 23.7 Å². The molecule has 6 heteroatoms. The van der Waals surface area contributed by atoms with Crippen LogP contribution in [0.4, 0.5) is 4.79 Å². The number of hydrogen-bond acceptors (Lipinski definition) is 5. The smallest absolute Gasteiger partial charge is 0.408 e. The Balaban J connectivity index is 1.73. The van der Waals surface area contributed by atoms with Gasteiger partial charge in [-0.1, -0.05) is 42.5 Å². The number of carbonyl (C=O) groups is 2. The zero-order valence-electron chi connectivity index (χ0n) is 17.0. The second-order valence-corrected chi connectivity index (χ2v) is 7.77. The fraction of sp³-hybridized carbons (Fsp3) is 0.304. The van der Waals surface area contributed by atoms with Gasteiger partial charge in [-0.25, -0.2) is 9.59 Å². The van der Waals surface area contributed by atoms with Gasteiger partial charge >= 0.3 is 12.1 Å². The minimum absolute atomic E-state index is 0.284. The minimum atomic E-state index is -0.841. The van der Waals surface area contributed by atoms with Crippen LogP contribution in [-0.4, -0.2) is 30.8 Å². The number of amides is 1. The van der Waals surface area contributed by atoms with E-state index in [9.17, 15) is 9.59 Å². The third kappa shape index (κ3) is 5.38. The lowest BCUT2D eigenvalue weighted by molar-refractivity contribution is -0.143. The highest BCUT2D eigenvalue weighted by molar-refractivity contribution is 5.83. The van der Waals surface area contributed by atoms with Crippen LogP contribution in [0.2, 0.25) is 0 Å². The molecule has 0 aliphatic carbocycles. The standard InChI is InChI=1S/C23H25NO5/c1-23(2,3)29-22(26)24-18(21(25)27-4)13-15-9-11-16(12-10-15)20-14-17-7-5-6-8-19(17)28-20/h5-12,14,18H,13H2,1-4H3,(H,24,26)/t18-/m0/s1. The summed E-state index contributed by atoms with van der Waals surface area (Å²) in [6.45, 7) is 5.28. The van der Waals surface area contributed by atoms with Crippen molar-refractivity contribution in [1.29, 1.82) is 0 Å². The number of methoxy groups -OCH3 is 1. The van der Waals surface area contributed by atoms with Gasteiger partial charge < -0.3 is 19.2 Å². The van der Waals surface area contributed by atoms with E-state index in [0.717, 1.165) is 27.9 Å². The van der Waals surface area contributed by atoms with Crippen LogP contribution in [0.3, 0.4) is 0 Å². The summed E-state index contributed by atoms with van der Waals surface area (Å²) in [4.78, 5) is 24.1. The lowest BCUT2D eigenvalue weighted by Crippen LogP contribution is -2.45. The average Bonchev–Trinajstić information content (AvgIpc) is 3.10. The summed E-state index contributed by atoms with van der Waals surface area (Å²) in [5, 5.41) is 3.62. The maximum Gasteiger partial charge on any atom is 0.408 e. The quantitative estimate of drug-likeness (QED) is 0.633. The van der Waals surface area contributed by atoms with Crippen LogP contribution in [0, 0.1) is 0 Å². The van der Waals surface area contributed by atoms with E-state index in [1.54, 1.807) is 20.8 Å². The van der Waals surface area contributed by atoms with Crippen LogP contribution in [0.1, 0.15) is 26.3 Å². The molecule has 152 valence electrons. The lowest BCUT2D eigenvalue weighted by atomic mass is 10.0. The molecule has 0 aliphatic heterocycles. The molecule has 0 unspecified atom stereocenters. The molecule has 29 heavy (non-hydrogen) atoms. The van der Waals surface area contributed by atoms with E-state index in [-0.39, 0.29) is 6.42 Å². The number of para-hydroxylation sites is 1. The lowest BCUT2D eigenvalue weighted by Gasteiger charge is -2.22. The summed E-state index contributed by atoms with van der Waals surface area (Å²) in [7, 11) is 1.29. The van der Waals surface area contributed by atoms with Crippen molar-refractivity contribution >= 4 is 23.0 Å². The predicted octanol–water partition coefficient (Wildman–Crippen LogP) is 4.71. The molecule has 1 N–H and O–H groups in total. The number of carbonyl (C=O) groups excluding carboxylic acids is 2. The van der Waals surface area contributed by atoms with E-state index >= 15 is 0 Å². The molecular weight excluding hydrogens is 370 g/mol. The van der Waals surface area contributed by atoms with E-state index in [1.807, 2.05) is 54.6 Å². The highest BCUT2D eigenvalue weighted by Crippen LogP contribution is 2.28. The van der Waals surface area contributed by atoms with Crippen molar-refractivity contribution in [1.82, 2.24) is 5.32 Å². The number of nitrogens with one attached hydrogen (secondary N) is 1. The summed E-state index contributed by atoms with van der Waals surface area (Å²) in [5.41, 5.74) is 1.98. The largest absolute Gasteiger partial charge is 0.467 e. The number of rotatable bonds is 5. The summed E-state index contributed by atoms with van der Waals surface area (Å²) < 4.78 is 15.9. The van der Waals surface area contributed by atoms with Crippen LogP contribution in [0.5, 0.6) is 0 Å². The van der Waals surface area contributed by atoms with Crippen molar-refractivity contribution in [2.24, 2.45) is 0 Å². The average molecular weight is 395 g/mol. The maximum absolute atomic E-state index is 12.1. The fourth-order valence-corrected chi connectivity index (χ4v) is 2.95. The highest BCUT2D eigenvalue weighted by Gasteiger charge is 2.25. The third-order valence-electron chi connectivity index (χ3n) is 4.28. The van der Waals surface area contributed by atoms with Gasteiger partial charge in [-0.3, -0.25) is 0 Å². The fourth-order valence-electron chi connectivity index (χ4n) is 2.95. The maximum atomic E-state index is 12.1. The Labute approximate surface area is 169 Å². The molecule has 3 aromatic rings. The second-order valence-electron chi connectivity index (χ2n) is 7.77.